The average Bonchev–Trinajstić information content (AvgIpc) is 2.48. The largest absolute Gasteiger partial charge is 0.347 e. The number of halogens is 2. The molecule has 0 saturated carbocycles. The van der Waals surface area contributed by atoms with Crippen molar-refractivity contribution in [3.8, 4) is 0 Å². The van der Waals surface area contributed by atoms with E-state index >= 15 is 0 Å². The van der Waals surface area contributed by atoms with Crippen LogP contribution in [0.2, 0.25) is 10.0 Å². The fourth-order valence-electron chi connectivity index (χ4n) is 1.73. The summed E-state index contributed by atoms with van der Waals surface area (Å²) in [5.74, 6) is 0.623. The monoisotopic (exact) mass is 336 g/mol. The lowest BCUT2D eigenvalue weighted by molar-refractivity contribution is 0.0952. The van der Waals surface area contributed by atoms with Crippen LogP contribution in [0.5, 0.6) is 0 Å². The molecule has 1 aromatic heterocycles. The molecule has 114 valence electrons. The average molecular weight is 337 g/mol. The van der Waals surface area contributed by atoms with Crippen molar-refractivity contribution in [3.63, 3.8) is 0 Å². The molecule has 2 N–H and O–H groups in total. The maximum absolute atomic E-state index is 12.0. The molecule has 0 aliphatic rings. The summed E-state index contributed by atoms with van der Waals surface area (Å²) in [6.07, 6.45) is 1.59. The summed E-state index contributed by atoms with van der Waals surface area (Å²) < 4.78 is 0. The Bertz CT molecular complexity index is 719. The van der Waals surface area contributed by atoms with E-state index in [1.807, 2.05) is 0 Å². The molecular formula is C15H14Cl2N4O. The summed E-state index contributed by atoms with van der Waals surface area (Å²) in [5, 5.41) is 6.74. The van der Waals surface area contributed by atoms with Gasteiger partial charge in [0.2, 0.25) is 0 Å². The Morgan fingerprint density at radius 2 is 2.09 bits per heavy atom. The molecule has 2 rings (SSSR count). The fraction of sp³-hybridized carbons (Fsp3) is 0.133. The van der Waals surface area contributed by atoms with Gasteiger partial charge < -0.3 is 10.6 Å². The van der Waals surface area contributed by atoms with Crippen molar-refractivity contribution >= 4 is 40.6 Å². The number of nitrogens with one attached hydrogen (secondary N) is 2. The van der Waals surface area contributed by atoms with Gasteiger partial charge in [-0.2, -0.15) is 0 Å². The molecular weight excluding hydrogens is 323 g/mol. The Balaban J connectivity index is 2.28. The highest BCUT2D eigenvalue weighted by Crippen LogP contribution is 2.27. The molecule has 0 unspecified atom stereocenters. The third-order valence-corrected chi connectivity index (χ3v) is 3.23. The summed E-state index contributed by atoms with van der Waals surface area (Å²) in [6.45, 7) is 5.62. The van der Waals surface area contributed by atoms with Crippen LogP contribution in [0.25, 0.3) is 0 Å². The standard InChI is InChI=1S/C15H14Cl2N4O/c1-3-6-18-15(22)13-8-14(20-9(2)19-13)21-12-7-10(16)4-5-11(12)17/h3-5,7-8H,1,6H2,2H3,(H,18,22)(H,19,20,21). The number of benzene rings is 1. The van der Waals surface area contributed by atoms with Gasteiger partial charge in [0, 0.05) is 17.6 Å². The SMILES string of the molecule is C=CCNC(=O)c1cc(Nc2cc(Cl)ccc2Cl)nc(C)n1. The smallest absolute Gasteiger partial charge is 0.270 e. The minimum atomic E-state index is -0.300. The second-order valence-electron chi connectivity index (χ2n) is 4.43. The van der Waals surface area contributed by atoms with Crippen LogP contribution < -0.4 is 10.6 Å². The summed E-state index contributed by atoms with van der Waals surface area (Å²) in [7, 11) is 0. The first-order valence-electron chi connectivity index (χ1n) is 6.46. The second kappa shape index (κ2) is 7.24. The highest BCUT2D eigenvalue weighted by atomic mass is 35.5. The zero-order chi connectivity index (χ0) is 16.1. The number of anilines is 2. The first kappa shape index (κ1) is 16.3. The first-order chi connectivity index (χ1) is 10.5. The molecule has 0 saturated heterocycles. The van der Waals surface area contributed by atoms with Gasteiger partial charge in [-0.1, -0.05) is 29.3 Å². The van der Waals surface area contributed by atoms with Gasteiger partial charge in [0.1, 0.15) is 17.3 Å². The van der Waals surface area contributed by atoms with Crippen molar-refractivity contribution in [2.24, 2.45) is 0 Å². The van der Waals surface area contributed by atoms with E-state index in [2.05, 4.69) is 27.2 Å². The number of carbonyl (C=O) groups is 1. The summed E-state index contributed by atoms with van der Waals surface area (Å²) in [6, 6.07) is 6.59. The van der Waals surface area contributed by atoms with Gasteiger partial charge in [0.05, 0.1) is 10.7 Å². The Hall–Kier alpha value is -2.11. The van der Waals surface area contributed by atoms with Crippen molar-refractivity contribution in [1.82, 2.24) is 15.3 Å². The molecule has 1 amide bonds. The molecule has 0 spiro atoms. The van der Waals surface area contributed by atoms with Crippen LogP contribution in [0, 0.1) is 6.92 Å². The molecule has 0 bridgehead atoms. The molecule has 2 aromatic rings. The van der Waals surface area contributed by atoms with Gasteiger partial charge in [-0.05, 0) is 25.1 Å². The first-order valence-corrected chi connectivity index (χ1v) is 7.22. The van der Waals surface area contributed by atoms with Gasteiger partial charge in [-0.25, -0.2) is 9.97 Å². The fourth-order valence-corrected chi connectivity index (χ4v) is 2.07. The lowest BCUT2D eigenvalue weighted by Gasteiger charge is -2.10. The van der Waals surface area contributed by atoms with Crippen LogP contribution in [-0.2, 0) is 0 Å². The van der Waals surface area contributed by atoms with Crippen molar-refractivity contribution in [2.45, 2.75) is 6.92 Å². The van der Waals surface area contributed by atoms with Crippen molar-refractivity contribution < 1.29 is 4.79 Å². The summed E-state index contributed by atoms with van der Waals surface area (Å²) in [4.78, 5) is 20.3. The van der Waals surface area contributed by atoms with Crippen LogP contribution >= 0.6 is 23.2 Å². The van der Waals surface area contributed by atoms with Crippen molar-refractivity contribution in [3.05, 3.63) is 58.5 Å². The highest BCUT2D eigenvalue weighted by molar-refractivity contribution is 6.35. The third-order valence-electron chi connectivity index (χ3n) is 2.67. The number of hydrogen-bond donors (Lipinski definition) is 2. The summed E-state index contributed by atoms with van der Waals surface area (Å²) in [5.41, 5.74) is 0.861. The molecule has 1 heterocycles. The molecule has 22 heavy (non-hydrogen) atoms. The van der Waals surface area contributed by atoms with Gasteiger partial charge in [-0.3, -0.25) is 4.79 Å². The van der Waals surface area contributed by atoms with E-state index in [0.717, 1.165) is 0 Å². The van der Waals surface area contributed by atoms with Gasteiger partial charge in [0.15, 0.2) is 0 Å². The maximum Gasteiger partial charge on any atom is 0.270 e. The van der Waals surface area contributed by atoms with E-state index in [0.29, 0.717) is 33.9 Å². The van der Waals surface area contributed by atoms with Crippen molar-refractivity contribution in [2.75, 3.05) is 11.9 Å². The van der Waals surface area contributed by atoms with E-state index < -0.39 is 0 Å². The molecule has 0 atom stereocenters. The van der Waals surface area contributed by atoms with Crippen LogP contribution in [0.4, 0.5) is 11.5 Å². The van der Waals surface area contributed by atoms with E-state index in [1.54, 1.807) is 37.3 Å². The van der Waals surface area contributed by atoms with Crippen LogP contribution in [-0.4, -0.2) is 22.4 Å². The number of nitrogens with zero attached hydrogens (tertiary/aromatic N) is 2. The minimum Gasteiger partial charge on any atom is -0.347 e. The molecule has 1 aromatic carbocycles. The molecule has 0 aliphatic heterocycles. The molecule has 0 aliphatic carbocycles. The lowest BCUT2D eigenvalue weighted by atomic mass is 10.3. The zero-order valence-corrected chi connectivity index (χ0v) is 13.4. The van der Waals surface area contributed by atoms with Crippen molar-refractivity contribution in [1.29, 1.82) is 0 Å². The van der Waals surface area contributed by atoms with Gasteiger partial charge in [0.25, 0.3) is 5.91 Å². The van der Waals surface area contributed by atoms with Gasteiger partial charge in [-0.15, -0.1) is 6.58 Å². The Labute approximate surface area is 138 Å². The molecule has 0 fully saturated rings. The van der Waals surface area contributed by atoms with E-state index in [-0.39, 0.29) is 11.6 Å². The Morgan fingerprint density at radius 3 is 2.82 bits per heavy atom. The van der Waals surface area contributed by atoms with Crippen LogP contribution in [0.1, 0.15) is 16.3 Å². The van der Waals surface area contributed by atoms with Crippen LogP contribution in [0.3, 0.4) is 0 Å². The van der Waals surface area contributed by atoms with E-state index in [1.165, 1.54) is 0 Å². The van der Waals surface area contributed by atoms with Crippen LogP contribution in [0.15, 0.2) is 36.9 Å². The number of carbonyl (C=O) groups excluding carboxylic acids is 1. The number of rotatable bonds is 5. The zero-order valence-electron chi connectivity index (χ0n) is 11.9. The quantitative estimate of drug-likeness (QED) is 0.816. The lowest BCUT2D eigenvalue weighted by Crippen LogP contribution is -2.24. The van der Waals surface area contributed by atoms with Gasteiger partial charge >= 0.3 is 0 Å². The topological polar surface area (TPSA) is 66.9 Å². The Morgan fingerprint density at radius 1 is 1.32 bits per heavy atom. The Kier molecular flexibility index (Phi) is 5.35. The number of aryl methyl sites for hydroxylation is 1. The maximum atomic E-state index is 12.0. The third kappa shape index (κ3) is 4.19. The molecule has 5 nitrogen and oxygen atoms in total. The summed E-state index contributed by atoms with van der Waals surface area (Å²) >= 11 is 12.1. The second-order valence-corrected chi connectivity index (χ2v) is 5.28. The van der Waals surface area contributed by atoms with E-state index in [9.17, 15) is 4.79 Å². The normalized spacial score (nSPS) is 10.1. The number of aromatic nitrogens is 2. The minimum absolute atomic E-state index is 0.259. The molecule has 7 heteroatoms. The number of amides is 1. The molecule has 0 radical (unpaired) electrons. The highest BCUT2D eigenvalue weighted by Gasteiger charge is 2.11. The van der Waals surface area contributed by atoms with E-state index in [4.69, 9.17) is 23.2 Å². The predicted octanol–water partition coefficient (Wildman–Crippen LogP) is 3.75. The predicted molar refractivity (Wildman–Crippen MR) is 89.0 cm³/mol. The number of hydrogen-bond acceptors (Lipinski definition) is 4.